The van der Waals surface area contributed by atoms with E-state index in [1.807, 2.05) is 5.38 Å². The molecule has 0 aliphatic carbocycles. The summed E-state index contributed by atoms with van der Waals surface area (Å²) in [4.78, 5) is 4.13. The highest BCUT2D eigenvalue weighted by atomic mass is 32.1. The lowest BCUT2D eigenvalue weighted by atomic mass is 9.87. The minimum atomic E-state index is 0.196. The molecule has 2 heteroatoms. The SMILES string of the molecule is CC(C)(C)c1ccc(C#Cc2nccs2)cc1. The molecule has 86 valence electrons. The molecule has 1 heterocycles. The molecule has 1 aromatic heterocycles. The van der Waals surface area contributed by atoms with Crippen LogP contribution in [0, 0.1) is 11.8 Å². The van der Waals surface area contributed by atoms with E-state index in [0.717, 1.165) is 10.6 Å². The zero-order chi connectivity index (χ0) is 12.3. The monoisotopic (exact) mass is 241 g/mol. The minimum absolute atomic E-state index is 0.196. The summed E-state index contributed by atoms with van der Waals surface area (Å²) in [7, 11) is 0. The van der Waals surface area contributed by atoms with E-state index >= 15 is 0 Å². The van der Waals surface area contributed by atoms with Crippen molar-refractivity contribution in [3.63, 3.8) is 0 Å². The van der Waals surface area contributed by atoms with Crippen LogP contribution in [0.4, 0.5) is 0 Å². The Labute approximate surface area is 107 Å². The Morgan fingerprint density at radius 1 is 1.06 bits per heavy atom. The van der Waals surface area contributed by atoms with Gasteiger partial charge in [-0.15, -0.1) is 11.3 Å². The van der Waals surface area contributed by atoms with Crippen molar-refractivity contribution in [2.24, 2.45) is 0 Å². The number of hydrogen-bond donors (Lipinski definition) is 0. The molecular formula is C15H15NS. The molecule has 0 spiro atoms. The van der Waals surface area contributed by atoms with E-state index in [0.29, 0.717) is 0 Å². The third kappa shape index (κ3) is 3.18. The fourth-order valence-corrected chi connectivity index (χ4v) is 1.95. The van der Waals surface area contributed by atoms with Crippen molar-refractivity contribution in [1.82, 2.24) is 4.98 Å². The van der Waals surface area contributed by atoms with E-state index in [9.17, 15) is 0 Å². The number of rotatable bonds is 0. The van der Waals surface area contributed by atoms with Gasteiger partial charge in [-0.25, -0.2) is 4.98 Å². The second-order valence-corrected chi connectivity index (χ2v) is 5.81. The highest BCUT2D eigenvalue weighted by molar-refractivity contribution is 7.10. The van der Waals surface area contributed by atoms with Gasteiger partial charge in [0.05, 0.1) is 0 Å². The molecule has 2 aromatic rings. The molecule has 2 rings (SSSR count). The van der Waals surface area contributed by atoms with E-state index < -0.39 is 0 Å². The largest absolute Gasteiger partial charge is 0.236 e. The smallest absolute Gasteiger partial charge is 0.167 e. The molecule has 1 aromatic carbocycles. The van der Waals surface area contributed by atoms with Gasteiger partial charge in [0.15, 0.2) is 5.01 Å². The van der Waals surface area contributed by atoms with Crippen molar-refractivity contribution in [3.05, 3.63) is 52.0 Å². The number of nitrogens with zero attached hydrogens (tertiary/aromatic N) is 1. The van der Waals surface area contributed by atoms with E-state index in [1.165, 1.54) is 5.56 Å². The van der Waals surface area contributed by atoms with Crippen molar-refractivity contribution in [3.8, 4) is 11.8 Å². The molecule has 0 N–H and O–H groups in total. The average molecular weight is 241 g/mol. The molecule has 0 atom stereocenters. The average Bonchev–Trinajstić information content (AvgIpc) is 2.78. The summed E-state index contributed by atoms with van der Waals surface area (Å²) in [6.07, 6.45) is 1.78. The summed E-state index contributed by atoms with van der Waals surface area (Å²) in [5, 5.41) is 2.80. The van der Waals surface area contributed by atoms with Gasteiger partial charge in [0.1, 0.15) is 0 Å². The third-order valence-corrected chi connectivity index (χ3v) is 3.19. The number of thiazole rings is 1. The fraction of sp³-hybridized carbons (Fsp3) is 0.267. The lowest BCUT2D eigenvalue weighted by molar-refractivity contribution is 0.590. The fourth-order valence-electron chi connectivity index (χ4n) is 1.46. The maximum atomic E-state index is 4.13. The van der Waals surface area contributed by atoms with Crippen molar-refractivity contribution in [2.45, 2.75) is 26.2 Å². The summed E-state index contributed by atoms with van der Waals surface area (Å²) in [6.45, 7) is 6.63. The Bertz CT molecular complexity index is 533. The number of aromatic nitrogens is 1. The Morgan fingerprint density at radius 2 is 1.76 bits per heavy atom. The maximum Gasteiger partial charge on any atom is 0.167 e. The van der Waals surface area contributed by atoms with Crippen LogP contribution >= 0.6 is 11.3 Å². The van der Waals surface area contributed by atoms with Crippen LogP contribution in [0.3, 0.4) is 0 Å². The van der Waals surface area contributed by atoms with Crippen LogP contribution < -0.4 is 0 Å². The van der Waals surface area contributed by atoms with Gasteiger partial charge < -0.3 is 0 Å². The van der Waals surface area contributed by atoms with Crippen molar-refractivity contribution in [2.75, 3.05) is 0 Å². The summed E-state index contributed by atoms with van der Waals surface area (Å²) in [5.74, 6) is 6.18. The van der Waals surface area contributed by atoms with Crippen LogP contribution in [0.2, 0.25) is 0 Å². The van der Waals surface area contributed by atoms with E-state index in [2.05, 4.69) is 61.9 Å². The molecule has 0 aliphatic rings. The Balaban J connectivity index is 2.19. The van der Waals surface area contributed by atoms with E-state index in [1.54, 1.807) is 17.5 Å². The minimum Gasteiger partial charge on any atom is -0.236 e. The van der Waals surface area contributed by atoms with Gasteiger partial charge in [-0.3, -0.25) is 0 Å². The van der Waals surface area contributed by atoms with Crippen LogP contribution in [-0.2, 0) is 5.41 Å². The highest BCUT2D eigenvalue weighted by Gasteiger charge is 2.12. The normalized spacial score (nSPS) is 10.8. The first-order valence-electron chi connectivity index (χ1n) is 5.58. The quantitative estimate of drug-likeness (QED) is 0.639. The first-order valence-corrected chi connectivity index (χ1v) is 6.46. The predicted molar refractivity (Wildman–Crippen MR) is 73.2 cm³/mol. The maximum absolute atomic E-state index is 4.13. The van der Waals surface area contributed by atoms with Crippen LogP contribution in [-0.4, -0.2) is 4.98 Å². The van der Waals surface area contributed by atoms with E-state index in [-0.39, 0.29) is 5.41 Å². The molecule has 1 nitrogen and oxygen atoms in total. The summed E-state index contributed by atoms with van der Waals surface area (Å²) in [6, 6.07) is 8.43. The van der Waals surface area contributed by atoms with Crippen molar-refractivity contribution < 1.29 is 0 Å². The molecule has 0 radical (unpaired) electrons. The van der Waals surface area contributed by atoms with Crippen LogP contribution in [0.25, 0.3) is 0 Å². The Hall–Kier alpha value is -1.59. The lowest BCUT2D eigenvalue weighted by Crippen LogP contribution is -2.10. The highest BCUT2D eigenvalue weighted by Crippen LogP contribution is 2.21. The van der Waals surface area contributed by atoms with Crippen molar-refractivity contribution >= 4 is 11.3 Å². The van der Waals surface area contributed by atoms with E-state index in [4.69, 9.17) is 0 Å². The summed E-state index contributed by atoms with van der Waals surface area (Å²) in [5.41, 5.74) is 2.56. The second-order valence-electron chi connectivity index (χ2n) is 4.91. The van der Waals surface area contributed by atoms with Gasteiger partial charge in [-0.05, 0) is 29.0 Å². The first-order chi connectivity index (χ1) is 8.05. The molecule has 0 saturated heterocycles. The molecular weight excluding hydrogens is 226 g/mol. The van der Waals surface area contributed by atoms with Crippen LogP contribution in [0.1, 0.15) is 36.9 Å². The lowest BCUT2D eigenvalue weighted by Gasteiger charge is -2.18. The molecule has 0 amide bonds. The van der Waals surface area contributed by atoms with Gasteiger partial charge in [0.2, 0.25) is 0 Å². The van der Waals surface area contributed by atoms with Gasteiger partial charge in [-0.1, -0.05) is 38.8 Å². The standard InChI is InChI=1S/C15H15NS/c1-15(2,3)13-7-4-12(5-8-13)6-9-14-16-10-11-17-14/h4-5,7-8,10-11H,1-3H3. The topological polar surface area (TPSA) is 12.9 Å². The van der Waals surface area contributed by atoms with Gasteiger partial charge in [0, 0.05) is 17.1 Å². The van der Waals surface area contributed by atoms with Crippen LogP contribution in [0.15, 0.2) is 35.8 Å². The predicted octanol–water partition coefficient (Wildman–Crippen LogP) is 3.84. The number of hydrogen-bond acceptors (Lipinski definition) is 2. The van der Waals surface area contributed by atoms with Gasteiger partial charge in [0.25, 0.3) is 0 Å². The van der Waals surface area contributed by atoms with Crippen LogP contribution in [0.5, 0.6) is 0 Å². The zero-order valence-electron chi connectivity index (χ0n) is 10.3. The summed E-state index contributed by atoms with van der Waals surface area (Å²) < 4.78 is 0. The summed E-state index contributed by atoms with van der Waals surface area (Å²) >= 11 is 1.56. The van der Waals surface area contributed by atoms with Crippen molar-refractivity contribution in [1.29, 1.82) is 0 Å². The molecule has 0 aliphatic heterocycles. The molecule has 0 bridgehead atoms. The Morgan fingerprint density at radius 3 is 2.29 bits per heavy atom. The molecule has 0 saturated carbocycles. The number of benzene rings is 1. The second kappa shape index (κ2) is 4.73. The third-order valence-electron chi connectivity index (χ3n) is 2.50. The van der Waals surface area contributed by atoms with Gasteiger partial charge in [-0.2, -0.15) is 0 Å². The molecule has 0 unspecified atom stereocenters. The molecule has 17 heavy (non-hydrogen) atoms. The molecule has 0 fully saturated rings. The first kappa shape index (κ1) is 11.9. The van der Waals surface area contributed by atoms with Gasteiger partial charge >= 0.3 is 0 Å². The Kier molecular flexibility index (Phi) is 3.31. The zero-order valence-corrected chi connectivity index (χ0v) is 11.1.